The molecule has 1 aliphatic heterocycles. The maximum absolute atomic E-state index is 13.0. The van der Waals surface area contributed by atoms with Crippen LogP contribution in [0.5, 0.6) is 0 Å². The Morgan fingerprint density at radius 3 is 2.88 bits per heavy atom. The van der Waals surface area contributed by atoms with Gasteiger partial charge in [0.1, 0.15) is 12.1 Å². The molecular formula is C20H28N2O4. The molecule has 0 spiro atoms. The molecule has 0 saturated carbocycles. The summed E-state index contributed by atoms with van der Waals surface area (Å²) in [4.78, 5) is 39.5. The topological polar surface area (TPSA) is 86.7 Å². The van der Waals surface area contributed by atoms with Crippen molar-refractivity contribution in [2.45, 2.75) is 45.6 Å². The molecule has 2 amide bonds. The lowest BCUT2D eigenvalue weighted by Gasteiger charge is -2.24. The molecule has 142 valence electrons. The molecule has 6 heteroatoms. The highest BCUT2D eigenvalue weighted by Crippen LogP contribution is 2.25. The zero-order valence-electron chi connectivity index (χ0n) is 22.9. The van der Waals surface area contributed by atoms with Crippen molar-refractivity contribution in [2.24, 2.45) is 11.8 Å². The predicted octanol–water partition coefficient (Wildman–Crippen LogP) is 1.47. The number of carbonyl (C=O) groups excluding carboxylic acids is 3. The van der Waals surface area contributed by atoms with Crippen LogP contribution < -0.4 is 5.32 Å². The van der Waals surface area contributed by atoms with Crippen LogP contribution in [0.2, 0.25) is 0 Å². The molecule has 0 bridgehead atoms. The number of amides is 2. The normalized spacial score (nSPS) is 32.8. The largest absolute Gasteiger partial charge is 0.385 e. The van der Waals surface area contributed by atoms with Crippen molar-refractivity contribution in [2.75, 3.05) is 13.6 Å². The van der Waals surface area contributed by atoms with Gasteiger partial charge in [-0.1, -0.05) is 45.0 Å². The number of fused-ring (bicyclic) bond motifs is 1. The summed E-state index contributed by atoms with van der Waals surface area (Å²) >= 11 is 0. The van der Waals surface area contributed by atoms with E-state index in [1.807, 2.05) is 0 Å². The third-order valence-electron chi connectivity index (χ3n) is 4.07. The number of hydrogen-bond acceptors (Lipinski definition) is 4. The first-order valence-electron chi connectivity index (χ1n) is 12.1. The van der Waals surface area contributed by atoms with Crippen LogP contribution in [0.25, 0.3) is 0 Å². The van der Waals surface area contributed by atoms with E-state index in [1.54, 1.807) is 0 Å². The smallest absolute Gasteiger partial charge is 0.249 e. The SMILES string of the molecule is [2H]C1([2H])CN(C)C(=O)[C@@]([2H])(NC(=O)[C@H](C)CC(=O)[C@@]([2H])(O)C([2H])(C)C([2H])([2H])[2H])c2ccccc21. The highest BCUT2D eigenvalue weighted by atomic mass is 16.3. The van der Waals surface area contributed by atoms with Gasteiger partial charge in [-0.3, -0.25) is 14.4 Å². The lowest BCUT2D eigenvalue weighted by atomic mass is 9.94. The summed E-state index contributed by atoms with van der Waals surface area (Å²) in [6.07, 6.45) is -6.20. The number of aliphatic hydroxyl groups is 1. The number of Topliss-reactive ketones (excluding diaryl/α,β-unsaturated/α-hetero) is 1. The number of ketones is 1. The van der Waals surface area contributed by atoms with E-state index >= 15 is 0 Å². The van der Waals surface area contributed by atoms with Gasteiger partial charge < -0.3 is 15.3 Å². The molecule has 0 aromatic heterocycles. The van der Waals surface area contributed by atoms with Crippen molar-refractivity contribution in [3.05, 3.63) is 35.4 Å². The lowest BCUT2D eigenvalue weighted by Crippen LogP contribution is -2.43. The Morgan fingerprint density at radius 2 is 2.19 bits per heavy atom. The predicted molar refractivity (Wildman–Crippen MR) is 98.3 cm³/mol. The van der Waals surface area contributed by atoms with Gasteiger partial charge in [-0.05, 0) is 23.4 Å². The van der Waals surface area contributed by atoms with Crippen molar-refractivity contribution in [3.63, 3.8) is 0 Å². The van der Waals surface area contributed by atoms with Gasteiger partial charge in [-0.15, -0.1) is 0 Å². The van der Waals surface area contributed by atoms with Gasteiger partial charge in [0.05, 0.1) is 2.74 Å². The maximum Gasteiger partial charge on any atom is 0.249 e. The minimum absolute atomic E-state index is 0.0370. The van der Waals surface area contributed by atoms with Crippen LogP contribution in [0, 0.1) is 11.8 Å². The molecule has 2 rings (SSSR count). The number of rotatable bonds is 6. The summed E-state index contributed by atoms with van der Waals surface area (Å²) in [6, 6.07) is 3.35. The van der Waals surface area contributed by atoms with Crippen LogP contribution in [0.1, 0.15) is 55.2 Å². The van der Waals surface area contributed by atoms with Crippen LogP contribution in [0.4, 0.5) is 0 Å². The van der Waals surface area contributed by atoms with Crippen LogP contribution in [-0.4, -0.2) is 47.3 Å². The zero-order valence-corrected chi connectivity index (χ0v) is 14.9. The quantitative estimate of drug-likeness (QED) is 0.796. The van der Waals surface area contributed by atoms with E-state index in [-0.39, 0.29) is 17.7 Å². The van der Waals surface area contributed by atoms with Gasteiger partial charge in [-0.2, -0.15) is 0 Å². The molecule has 1 unspecified atom stereocenters. The second-order valence-corrected chi connectivity index (χ2v) is 6.25. The number of hydrogen-bond donors (Lipinski definition) is 2. The molecule has 1 aromatic rings. The van der Waals surface area contributed by atoms with Crippen molar-refractivity contribution < 1.29 is 30.5 Å². The van der Waals surface area contributed by atoms with E-state index in [2.05, 4.69) is 5.32 Å². The first-order valence-corrected chi connectivity index (χ1v) is 8.13. The van der Waals surface area contributed by atoms with E-state index in [9.17, 15) is 19.5 Å². The van der Waals surface area contributed by atoms with Gasteiger partial charge in [0, 0.05) is 34.2 Å². The average molecular weight is 369 g/mol. The lowest BCUT2D eigenvalue weighted by molar-refractivity contribution is -0.137. The summed E-state index contributed by atoms with van der Waals surface area (Å²) < 4.78 is 63.1. The minimum atomic E-state index is -3.35. The molecule has 6 nitrogen and oxygen atoms in total. The highest BCUT2D eigenvalue weighted by molar-refractivity contribution is 5.92. The summed E-state index contributed by atoms with van der Waals surface area (Å²) in [7, 11) is 1.29. The fourth-order valence-corrected chi connectivity index (χ4v) is 2.48. The molecule has 26 heavy (non-hydrogen) atoms. The summed E-state index contributed by atoms with van der Waals surface area (Å²) in [5.41, 5.74) is -0.0470. The Morgan fingerprint density at radius 1 is 1.50 bits per heavy atom. The first kappa shape index (κ1) is 11.5. The van der Waals surface area contributed by atoms with Crippen LogP contribution in [0.3, 0.4) is 0 Å². The van der Waals surface area contributed by atoms with Gasteiger partial charge in [0.15, 0.2) is 5.78 Å². The fraction of sp³-hybridized carbons (Fsp3) is 0.550. The van der Waals surface area contributed by atoms with Crippen LogP contribution in [0.15, 0.2) is 24.3 Å². The molecule has 0 fully saturated rings. The highest BCUT2D eigenvalue weighted by Gasteiger charge is 2.32. The summed E-state index contributed by atoms with van der Waals surface area (Å²) in [6.45, 7) is -1.59. The fourth-order valence-electron chi connectivity index (χ4n) is 2.48. The molecule has 4 atom stereocenters. The van der Waals surface area contributed by atoms with E-state index in [0.29, 0.717) is 0 Å². The van der Waals surface area contributed by atoms with Crippen molar-refractivity contribution in [1.29, 1.82) is 0 Å². The van der Waals surface area contributed by atoms with E-state index in [1.165, 1.54) is 38.2 Å². The molecule has 1 aromatic carbocycles. The van der Waals surface area contributed by atoms with Crippen LogP contribution in [-0.2, 0) is 20.8 Å². The maximum atomic E-state index is 13.0. The average Bonchev–Trinajstić information content (AvgIpc) is 2.75. The second-order valence-electron chi connectivity index (χ2n) is 6.25. The van der Waals surface area contributed by atoms with Gasteiger partial charge in [0.2, 0.25) is 11.8 Å². The summed E-state index contributed by atoms with van der Waals surface area (Å²) in [5, 5.41) is 12.5. The van der Waals surface area contributed by atoms with Gasteiger partial charge in [0.25, 0.3) is 0 Å². The van der Waals surface area contributed by atoms with E-state index < -0.39 is 61.2 Å². The number of benzene rings is 1. The van der Waals surface area contributed by atoms with Crippen LogP contribution >= 0.6 is 0 Å². The minimum Gasteiger partial charge on any atom is -0.385 e. The van der Waals surface area contributed by atoms with E-state index in [4.69, 9.17) is 11.0 Å². The Bertz CT molecular complexity index is 995. The molecule has 1 heterocycles. The standard InChI is InChI=1S/C20H28N2O4/c1-12(2)18(24)16(23)11-13(3)19(25)21-17-15-8-6-5-7-14(15)9-10-22(4)20(17)26/h5-8,12-13,17-18,24H,9-11H2,1-4H3,(H,21,25)/t13-,17+,18+/m1/s1/i1D3,9D2,12D,17D,18D/t12?,13-,17+,18+. The Hall–Kier alpha value is -2.21. The molecule has 0 saturated heterocycles. The molecule has 2 N–H and O–H groups in total. The van der Waals surface area contributed by atoms with Crippen molar-refractivity contribution in [1.82, 2.24) is 10.2 Å². The number of nitrogens with one attached hydrogen (secondary N) is 1. The number of carbonyl (C=O) groups is 3. The van der Waals surface area contributed by atoms with Gasteiger partial charge >= 0.3 is 0 Å². The van der Waals surface area contributed by atoms with Crippen molar-refractivity contribution in [3.8, 4) is 0 Å². The third-order valence-corrected chi connectivity index (χ3v) is 4.07. The first-order chi connectivity index (χ1) is 15.2. The third kappa shape index (κ3) is 4.49. The molecular weight excluding hydrogens is 332 g/mol. The Kier molecular flexibility index (Phi) is 3.73. The molecule has 0 aliphatic carbocycles. The summed E-state index contributed by atoms with van der Waals surface area (Å²) in [5.74, 6) is -7.48. The van der Waals surface area contributed by atoms with Crippen molar-refractivity contribution >= 4 is 17.6 Å². The van der Waals surface area contributed by atoms with Gasteiger partial charge in [-0.25, -0.2) is 0 Å². The second kappa shape index (κ2) is 8.45. The Balaban J connectivity index is 2.35. The molecule has 0 radical (unpaired) electrons. The number of nitrogens with zero attached hydrogens (tertiary/aromatic N) is 1. The number of likely N-dealkylation sites (N-methyl/N-ethyl adjacent to an activating group) is 1. The zero-order chi connectivity index (χ0) is 26.5. The van der Waals surface area contributed by atoms with E-state index in [0.717, 1.165) is 11.8 Å². The Labute approximate surface area is 165 Å². The monoisotopic (exact) mass is 368 g/mol. The molecule has 1 aliphatic rings.